The first-order valence-electron chi connectivity index (χ1n) is 7.32. The maximum Gasteiger partial charge on any atom is 0.341 e. The quantitative estimate of drug-likeness (QED) is 0.423. The van der Waals surface area contributed by atoms with Gasteiger partial charge in [0, 0.05) is 10.2 Å². The van der Waals surface area contributed by atoms with E-state index in [1.165, 1.54) is 12.1 Å². The molecule has 0 unspecified atom stereocenters. The first kappa shape index (κ1) is 21.0. The van der Waals surface area contributed by atoms with E-state index >= 15 is 0 Å². The number of carbonyl (C=O) groups excluding carboxylic acids is 1. The number of carboxylic acids is 1. The number of benzene rings is 2. The molecule has 0 radical (unpaired) electrons. The monoisotopic (exact) mass is 512 g/mol. The molecule has 0 aliphatic heterocycles. The molecule has 0 saturated carbocycles. The standard InChI is InChI=1S/C18H11Br2ClN2O4/c19-12-1-3-13(4-2-12)23-18(26)11(8-22)5-10-6-14(20)17(15(21)7-10)27-9-16(24)25/h1-7H,9H2,(H,23,26)(H,24,25)/b11-5-. The fourth-order valence-corrected chi connectivity index (χ4v) is 3.23. The Labute approximate surface area is 176 Å². The summed E-state index contributed by atoms with van der Waals surface area (Å²) in [6.45, 7) is -0.549. The van der Waals surface area contributed by atoms with E-state index in [9.17, 15) is 14.9 Å². The zero-order valence-electron chi connectivity index (χ0n) is 13.5. The van der Waals surface area contributed by atoms with Crippen LogP contribution in [0.3, 0.4) is 0 Å². The van der Waals surface area contributed by atoms with E-state index in [1.807, 2.05) is 6.07 Å². The van der Waals surface area contributed by atoms with Gasteiger partial charge in [0.15, 0.2) is 12.4 Å². The third kappa shape index (κ3) is 6.10. The second kappa shape index (κ2) is 9.55. The summed E-state index contributed by atoms with van der Waals surface area (Å²) in [5, 5.41) is 20.8. The highest BCUT2D eigenvalue weighted by Crippen LogP contribution is 2.35. The summed E-state index contributed by atoms with van der Waals surface area (Å²) < 4.78 is 6.36. The van der Waals surface area contributed by atoms with Gasteiger partial charge in [-0.3, -0.25) is 4.79 Å². The van der Waals surface area contributed by atoms with Gasteiger partial charge in [0.2, 0.25) is 0 Å². The van der Waals surface area contributed by atoms with Crippen molar-refractivity contribution < 1.29 is 19.4 Å². The van der Waals surface area contributed by atoms with E-state index in [0.29, 0.717) is 15.7 Å². The van der Waals surface area contributed by atoms with Gasteiger partial charge in [0.05, 0.1) is 9.50 Å². The van der Waals surface area contributed by atoms with Crippen LogP contribution in [0.4, 0.5) is 5.69 Å². The lowest BCUT2D eigenvalue weighted by molar-refractivity contribution is -0.139. The van der Waals surface area contributed by atoms with Crippen LogP contribution in [0.1, 0.15) is 5.56 Å². The summed E-state index contributed by atoms with van der Waals surface area (Å²) >= 11 is 12.6. The van der Waals surface area contributed by atoms with E-state index < -0.39 is 18.5 Å². The van der Waals surface area contributed by atoms with E-state index in [-0.39, 0.29) is 16.3 Å². The van der Waals surface area contributed by atoms with Crippen molar-refractivity contribution in [2.24, 2.45) is 0 Å². The SMILES string of the molecule is N#C/C(=C/c1cc(Cl)c(OCC(=O)O)c(Br)c1)C(=O)Nc1ccc(Br)cc1. The number of nitrogens with zero attached hydrogens (tertiary/aromatic N) is 1. The number of amides is 1. The summed E-state index contributed by atoms with van der Waals surface area (Å²) in [6, 6.07) is 11.8. The van der Waals surface area contributed by atoms with Crippen LogP contribution < -0.4 is 10.1 Å². The van der Waals surface area contributed by atoms with Crippen LogP contribution in [0.15, 0.2) is 50.9 Å². The molecule has 0 bridgehead atoms. The fourth-order valence-electron chi connectivity index (χ4n) is 1.98. The number of ether oxygens (including phenoxy) is 1. The van der Waals surface area contributed by atoms with Crippen molar-refractivity contribution in [2.45, 2.75) is 0 Å². The molecule has 1 amide bonds. The maximum atomic E-state index is 12.3. The minimum absolute atomic E-state index is 0.125. The molecule has 0 fully saturated rings. The smallest absolute Gasteiger partial charge is 0.341 e. The Hall–Kier alpha value is -2.34. The molecule has 0 aliphatic carbocycles. The molecule has 9 heteroatoms. The van der Waals surface area contributed by atoms with E-state index in [0.717, 1.165) is 4.47 Å². The molecule has 0 aliphatic rings. The van der Waals surface area contributed by atoms with Crippen molar-refractivity contribution in [2.75, 3.05) is 11.9 Å². The van der Waals surface area contributed by atoms with Gasteiger partial charge in [-0.05, 0) is 64.0 Å². The number of nitrogens with one attached hydrogen (secondary N) is 1. The lowest BCUT2D eigenvalue weighted by Crippen LogP contribution is -2.13. The predicted molar refractivity (Wildman–Crippen MR) is 109 cm³/mol. The Kier molecular flexibility index (Phi) is 7.42. The first-order valence-corrected chi connectivity index (χ1v) is 9.29. The number of aliphatic carboxylic acids is 1. The minimum Gasteiger partial charge on any atom is -0.479 e. The molecule has 27 heavy (non-hydrogen) atoms. The van der Waals surface area contributed by atoms with Crippen molar-refractivity contribution in [1.82, 2.24) is 0 Å². The van der Waals surface area contributed by atoms with Crippen LogP contribution in [0.25, 0.3) is 6.08 Å². The van der Waals surface area contributed by atoms with Gasteiger partial charge in [-0.1, -0.05) is 27.5 Å². The molecule has 2 N–H and O–H groups in total. The molecule has 0 atom stereocenters. The van der Waals surface area contributed by atoms with Gasteiger partial charge in [0.25, 0.3) is 5.91 Å². The molecule has 138 valence electrons. The Bertz CT molecular complexity index is 930. The summed E-state index contributed by atoms with van der Waals surface area (Å²) in [7, 11) is 0. The van der Waals surface area contributed by atoms with Crippen LogP contribution in [0, 0.1) is 11.3 Å². The second-order valence-electron chi connectivity index (χ2n) is 5.13. The Morgan fingerprint density at radius 3 is 2.48 bits per heavy atom. The van der Waals surface area contributed by atoms with Crippen LogP contribution in [0.2, 0.25) is 5.02 Å². The van der Waals surface area contributed by atoms with Crippen LogP contribution in [0.5, 0.6) is 5.75 Å². The Morgan fingerprint density at radius 1 is 1.26 bits per heavy atom. The molecule has 2 aromatic rings. The average Bonchev–Trinajstić information content (AvgIpc) is 2.60. The number of carboxylic acid groups (broad SMARTS) is 1. The van der Waals surface area contributed by atoms with E-state index in [4.69, 9.17) is 21.4 Å². The van der Waals surface area contributed by atoms with Crippen LogP contribution in [-0.2, 0) is 9.59 Å². The normalized spacial score (nSPS) is 10.8. The molecule has 0 aromatic heterocycles. The topological polar surface area (TPSA) is 99.4 Å². The van der Waals surface area contributed by atoms with Gasteiger partial charge in [-0.2, -0.15) is 5.26 Å². The molecule has 0 heterocycles. The average molecular weight is 515 g/mol. The van der Waals surface area contributed by atoms with Crippen LogP contribution >= 0.6 is 43.5 Å². The largest absolute Gasteiger partial charge is 0.479 e. The number of nitriles is 1. The van der Waals surface area contributed by atoms with Gasteiger partial charge >= 0.3 is 5.97 Å². The molecular weight excluding hydrogens is 503 g/mol. The third-order valence-corrected chi connectivity index (χ3v) is 4.54. The van der Waals surface area contributed by atoms with Crippen LogP contribution in [-0.4, -0.2) is 23.6 Å². The number of anilines is 1. The van der Waals surface area contributed by atoms with Crippen molar-refractivity contribution in [3.63, 3.8) is 0 Å². The molecule has 0 spiro atoms. The Morgan fingerprint density at radius 2 is 1.93 bits per heavy atom. The number of halogens is 3. The molecule has 0 saturated heterocycles. The molecule has 2 aromatic carbocycles. The van der Waals surface area contributed by atoms with Crippen molar-refractivity contribution in [3.8, 4) is 11.8 Å². The summed E-state index contributed by atoms with van der Waals surface area (Å²) in [5.74, 6) is -1.55. The number of rotatable bonds is 6. The van der Waals surface area contributed by atoms with Crippen molar-refractivity contribution in [1.29, 1.82) is 5.26 Å². The number of hydrogen-bond acceptors (Lipinski definition) is 4. The second-order valence-corrected chi connectivity index (χ2v) is 7.30. The van der Waals surface area contributed by atoms with Crippen molar-refractivity contribution >= 4 is 67.1 Å². The zero-order valence-corrected chi connectivity index (χ0v) is 17.4. The van der Waals surface area contributed by atoms with Gasteiger partial charge in [-0.25, -0.2) is 4.79 Å². The number of carbonyl (C=O) groups is 2. The maximum absolute atomic E-state index is 12.3. The minimum atomic E-state index is -1.14. The predicted octanol–water partition coefficient (Wildman–Crippen LogP) is 4.87. The lowest BCUT2D eigenvalue weighted by Gasteiger charge is -2.09. The highest BCUT2D eigenvalue weighted by atomic mass is 79.9. The molecular formula is C18H11Br2ClN2O4. The highest BCUT2D eigenvalue weighted by molar-refractivity contribution is 9.10. The molecule has 6 nitrogen and oxygen atoms in total. The van der Waals surface area contributed by atoms with E-state index in [1.54, 1.807) is 30.3 Å². The summed E-state index contributed by atoms with van der Waals surface area (Å²) in [5.41, 5.74) is 0.887. The van der Waals surface area contributed by atoms with Gasteiger partial charge in [-0.15, -0.1) is 0 Å². The Balaban J connectivity index is 2.23. The fraction of sp³-hybridized carbons (Fsp3) is 0.0556. The summed E-state index contributed by atoms with van der Waals surface area (Å²) in [6.07, 6.45) is 1.37. The zero-order chi connectivity index (χ0) is 20.0. The third-order valence-electron chi connectivity index (χ3n) is 3.14. The number of hydrogen-bond donors (Lipinski definition) is 2. The van der Waals surface area contributed by atoms with Crippen molar-refractivity contribution in [3.05, 3.63) is 61.5 Å². The molecule has 2 rings (SSSR count). The van der Waals surface area contributed by atoms with Gasteiger partial charge in [0.1, 0.15) is 11.6 Å². The van der Waals surface area contributed by atoms with Gasteiger partial charge < -0.3 is 15.2 Å². The lowest BCUT2D eigenvalue weighted by atomic mass is 10.1. The summed E-state index contributed by atoms with van der Waals surface area (Å²) in [4.78, 5) is 22.9. The van der Waals surface area contributed by atoms with E-state index in [2.05, 4.69) is 37.2 Å². The highest BCUT2D eigenvalue weighted by Gasteiger charge is 2.13. The first-order chi connectivity index (χ1) is 12.8.